The SMILES string of the molecule is COc1ccc(C(=O)O[C@H](C)C(=O)Nc2c(C)cc(C)cc2C)cc1Br. The second-order valence-corrected chi connectivity index (χ2v) is 7.01. The number of nitrogens with one attached hydrogen (secondary N) is 1. The molecule has 1 amide bonds. The van der Waals surface area contributed by atoms with Crippen LogP contribution in [0.2, 0.25) is 0 Å². The van der Waals surface area contributed by atoms with Crippen molar-refractivity contribution >= 4 is 33.5 Å². The largest absolute Gasteiger partial charge is 0.496 e. The minimum Gasteiger partial charge on any atom is -0.496 e. The Balaban J connectivity index is 2.07. The van der Waals surface area contributed by atoms with Crippen LogP contribution in [0.25, 0.3) is 0 Å². The Hall–Kier alpha value is -2.34. The fourth-order valence-electron chi connectivity index (χ4n) is 2.68. The first-order chi connectivity index (χ1) is 12.2. The number of esters is 1. The standard InChI is InChI=1S/C20H22BrNO4/c1-11-8-12(2)18(13(3)9-11)22-19(23)14(4)26-20(24)15-6-7-17(25-5)16(21)10-15/h6-10,14H,1-5H3,(H,22,23)/t14-/m1/s1. The van der Waals surface area contributed by atoms with Crippen molar-refractivity contribution in [3.05, 3.63) is 57.1 Å². The van der Waals surface area contributed by atoms with Crippen molar-refractivity contribution in [2.24, 2.45) is 0 Å². The highest BCUT2D eigenvalue weighted by molar-refractivity contribution is 9.10. The highest BCUT2D eigenvalue weighted by Gasteiger charge is 2.21. The van der Waals surface area contributed by atoms with Gasteiger partial charge in [-0.15, -0.1) is 0 Å². The number of methoxy groups -OCH3 is 1. The van der Waals surface area contributed by atoms with Gasteiger partial charge in [0.05, 0.1) is 17.1 Å². The van der Waals surface area contributed by atoms with Crippen LogP contribution in [-0.4, -0.2) is 25.1 Å². The van der Waals surface area contributed by atoms with Gasteiger partial charge in [-0.25, -0.2) is 4.79 Å². The number of anilines is 1. The lowest BCUT2D eigenvalue weighted by atomic mass is 10.0. The number of amides is 1. The first-order valence-corrected chi connectivity index (χ1v) is 8.95. The van der Waals surface area contributed by atoms with Gasteiger partial charge in [0.25, 0.3) is 5.91 Å². The molecule has 0 unspecified atom stereocenters. The molecule has 0 saturated heterocycles. The third-order valence-electron chi connectivity index (χ3n) is 3.97. The van der Waals surface area contributed by atoms with Crippen LogP contribution < -0.4 is 10.1 Å². The van der Waals surface area contributed by atoms with Crippen molar-refractivity contribution < 1.29 is 19.1 Å². The number of benzene rings is 2. The van der Waals surface area contributed by atoms with Crippen LogP contribution >= 0.6 is 15.9 Å². The Kier molecular flexibility index (Phi) is 6.42. The quantitative estimate of drug-likeness (QED) is 0.720. The summed E-state index contributed by atoms with van der Waals surface area (Å²) in [4.78, 5) is 24.7. The molecule has 0 bridgehead atoms. The number of carbonyl (C=O) groups excluding carboxylic acids is 2. The molecule has 0 spiro atoms. The van der Waals surface area contributed by atoms with E-state index in [1.165, 1.54) is 0 Å². The lowest BCUT2D eigenvalue weighted by Crippen LogP contribution is -2.30. The molecule has 0 aliphatic rings. The molecule has 2 rings (SSSR count). The van der Waals surface area contributed by atoms with Crippen molar-refractivity contribution in [1.29, 1.82) is 0 Å². The molecular formula is C20H22BrNO4. The number of halogens is 1. The van der Waals surface area contributed by atoms with E-state index >= 15 is 0 Å². The fourth-order valence-corrected chi connectivity index (χ4v) is 3.22. The number of ether oxygens (including phenoxy) is 2. The van der Waals surface area contributed by atoms with Crippen LogP contribution in [0.1, 0.15) is 34.0 Å². The predicted octanol–water partition coefficient (Wildman–Crippen LogP) is 4.57. The van der Waals surface area contributed by atoms with Gasteiger partial charge in [-0.3, -0.25) is 4.79 Å². The van der Waals surface area contributed by atoms with Crippen LogP contribution in [0.15, 0.2) is 34.8 Å². The van der Waals surface area contributed by atoms with Gasteiger partial charge < -0.3 is 14.8 Å². The Morgan fingerprint density at radius 1 is 1.08 bits per heavy atom. The zero-order valence-corrected chi connectivity index (χ0v) is 17.1. The molecule has 26 heavy (non-hydrogen) atoms. The summed E-state index contributed by atoms with van der Waals surface area (Å²) in [6.07, 6.45) is -0.927. The van der Waals surface area contributed by atoms with Crippen LogP contribution in [0.4, 0.5) is 5.69 Å². The number of carbonyl (C=O) groups is 2. The van der Waals surface area contributed by atoms with E-state index in [-0.39, 0.29) is 5.91 Å². The van der Waals surface area contributed by atoms with E-state index in [4.69, 9.17) is 9.47 Å². The van der Waals surface area contributed by atoms with Gasteiger partial charge in [-0.05, 0) is 73.0 Å². The van der Waals surface area contributed by atoms with Crippen molar-refractivity contribution in [1.82, 2.24) is 0 Å². The average Bonchev–Trinajstić information content (AvgIpc) is 2.57. The van der Waals surface area contributed by atoms with Gasteiger partial charge in [0.1, 0.15) is 5.75 Å². The van der Waals surface area contributed by atoms with Crippen molar-refractivity contribution in [2.45, 2.75) is 33.8 Å². The highest BCUT2D eigenvalue weighted by atomic mass is 79.9. The zero-order valence-electron chi connectivity index (χ0n) is 15.5. The molecule has 2 aromatic carbocycles. The maximum atomic E-state index is 12.4. The minimum absolute atomic E-state index is 0.333. The normalized spacial score (nSPS) is 11.6. The molecule has 0 fully saturated rings. The van der Waals surface area contributed by atoms with Crippen molar-refractivity contribution in [2.75, 3.05) is 12.4 Å². The van der Waals surface area contributed by atoms with Crippen molar-refractivity contribution in [3.63, 3.8) is 0 Å². The maximum Gasteiger partial charge on any atom is 0.338 e. The lowest BCUT2D eigenvalue weighted by Gasteiger charge is -2.17. The monoisotopic (exact) mass is 419 g/mol. The van der Waals surface area contributed by atoms with Crippen LogP contribution in [-0.2, 0) is 9.53 Å². The molecule has 0 saturated carbocycles. The van der Waals surface area contributed by atoms with E-state index in [1.807, 2.05) is 32.9 Å². The van der Waals surface area contributed by atoms with E-state index in [0.29, 0.717) is 15.8 Å². The van der Waals surface area contributed by atoms with Gasteiger partial charge in [0, 0.05) is 5.69 Å². The summed E-state index contributed by atoms with van der Waals surface area (Å²) in [7, 11) is 1.54. The second kappa shape index (κ2) is 8.36. The molecule has 0 aliphatic heterocycles. The summed E-state index contributed by atoms with van der Waals surface area (Å²) in [6.45, 7) is 7.41. The van der Waals surface area contributed by atoms with Gasteiger partial charge >= 0.3 is 5.97 Å². The Morgan fingerprint density at radius 3 is 2.23 bits per heavy atom. The van der Waals surface area contributed by atoms with Gasteiger partial charge in [-0.1, -0.05) is 17.7 Å². The molecule has 0 aliphatic carbocycles. The number of aryl methyl sites for hydroxylation is 3. The highest BCUT2D eigenvalue weighted by Crippen LogP contribution is 2.26. The van der Waals surface area contributed by atoms with Gasteiger partial charge in [0.2, 0.25) is 0 Å². The van der Waals surface area contributed by atoms with Gasteiger partial charge in [0.15, 0.2) is 6.10 Å². The average molecular weight is 420 g/mol. The zero-order chi connectivity index (χ0) is 19.4. The van der Waals surface area contributed by atoms with Crippen LogP contribution in [0.5, 0.6) is 5.75 Å². The smallest absolute Gasteiger partial charge is 0.338 e. The number of hydrogen-bond donors (Lipinski definition) is 1. The molecule has 0 heterocycles. The van der Waals surface area contributed by atoms with Crippen LogP contribution in [0, 0.1) is 20.8 Å². The third kappa shape index (κ3) is 4.64. The molecular weight excluding hydrogens is 398 g/mol. The second-order valence-electron chi connectivity index (χ2n) is 6.16. The molecule has 5 nitrogen and oxygen atoms in total. The van der Waals surface area contributed by atoms with Crippen molar-refractivity contribution in [3.8, 4) is 5.75 Å². The summed E-state index contributed by atoms with van der Waals surface area (Å²) in [5.74, 6) is -0.341. The Bertz CT molecular complexity index is 825. The Morgan fingerprint density at radius 2 is 1.69 bits per heavy atom. The topological polar surface area (TPSA) is 64.6 Å². The van der Waals surface area contributed by atoms with E-state index in [0.717, 1.165) is 22.4 Å². The number of hydrogen-bond acceptors (Lipinski definition) is 4. The van der Waals surface area contributed by atoms with E-state index < -0.39 is 12.1 Å². The number of rotatable bonds is 5. The van der Waals surface area contributed by atoms with Crippen LogP contribution in [0.3, 0.4) is 0 Å². The molecule has 0 radical (unpaired) electrons. The molecule has 1 N–H and O–H groups in total. The summed E-state index contributed by atoms with van der Waals surface area (Å²) in [5.41, 5.74) is 4.14. The third-order valence-corrected chi connectivity index (χ3v) is 4.59. The summed E-state index contributed by atoms with van der Waals surface area (Å²) >= 11 is 3.32. The van der Waals surface area contributed by atoms with E-state index in [1.54, 1.807) is 32.2 Å². The molecule has 6 heteroatoms. The molecule has 1 atom stereocenters. The molecule has 2 aromatic rings. The maximum absolute atomic E-state index is 12.4. The summed E-state index contributed by atoms with van der Waals surface area (Å²) < 4.78 is 11.1. The van der Waals surface area contributed by atoms with Gasteiger partial charge in [-0.2, -0.15) is 0 Å². The van der Waals surface area contributed by atoms with E-state index in [9.17, 15) is 9.59 Å². The summed E-state index contributed by atoms with van der Waals surface area (Å²) in [6, 6.07) is 8.83. The van der Waals surface area contributed by atoms with E-state index in [2.05, 4.69) is 21.2 Å². The molecule has 138 valence electrons. The Labute approximate surface area is 161 Å². The lowest BCUT2D eigenvalue weighted by molar-refractivity contribution is -0.123. The summed E-state index contributed by atoms with van der Waals surface area (Å²) in [5, 5.41) is 2.85. The molecule has 0 aromatic heterocycles. The fraction of sp³-hybridized carbons (Fsp3) is 0.300. The first-order valence-electron chi connectivity index (χ1n) is 8.16. The predicted molar refractivity (Wildman–Crippen MR) is 105 cm³/mol. The minimum atomic E-state index is -0.927. The first kappa shape index (κ1) is 20.0.